The first-order valence-electron chi connectivity index (χ1n) is 8.68. The van der Waals surface area contributed by atoms with Gasteiger partial charge in [-0.3, -0.25) is 10.1 Å². The molecular formula is C16H28N6O2. The van der Waals surface area contributed by atoms with Crippen LogP contribution in [0.2, 0.25) is 0 Å². The molecule has 4 N–H and O–H groups in total. The van der Waals surface area contributed by atoms with Crippen molar-refractivity contribution in [2.75, 3.05) is 31.5 Å². The number of carbonyl (C=O) groups excluding carboxylic acids is 2. The van der Waals surface area contributed by atoms with Crippen LogP contribution in [-0.4, -0.2) is 52.8 Å². The highest BCUT2D eigenvalue weighted by molar-refractivity contribution is 5.88. The Labute approximate surface area is 142 Å². The highest BCUT2D eigenvalue weighted by atomic mass is 16.2. The smallest absolute Gasteiger partial charge is 0.320 e. The number of nitrogens with one attached hydrogen (secondary N) is 2. The number of hydrogen-bond donors (Lipinski definition) is 3. The molecule has 1 aromatic heterocycles. The van der Waals surface area contributed by atoms with E-state index < -0.39 is 0 Å². The van der Waals surface area contributed by atoms with E-state index in [1.165, 1.54) is 0 Å². The molecule has 8 heteroatoms. The van der Waals surface area contributed by atoms with E-state index in [1.54, 1.807) is 16.9 Å². The number of anilines is 1. The van der Waals surface area contributed by atoms with Gasteiger partial charge in [0, 0.05) is 25.1 Å². The van der Waals surface area contributed by atoms with E-state index in [2.05, 4.69) is 27.6 Å². The Morgan fingerprint density at radius 3 is 2.75 bits per heavy atom. The summed E-state index contributed by atoms with van der Waals surface area (Å²) in [6.07, 6.45) is 5.20. The van der Waals surface area contributed by atoms with Crippen molar-refractivity contribution >= 4 is 17.8 Å². The van der Waals surface area contributed by atoms with Gasteiger partial charge in [-0.1, -0.05) is 6.92 Å². The lowest BCUT2D eigenvalue weighted by Gasteiger charge is -2.30. The van der Waals surface area contributed by atoms with Crippen LogP contribution in [0.3, 0.4) is 0 Å². The number of aromatic nitrogens is 2. The first-order valence-corrected chi connectivity index (χ1v) is 8.68. The second kappa shape index (κ2) is 9.27. The van der Waals surface area contributed by atoms with Crippen molar-refractivity contribution in [1.29, 1.82) is 0 Å². The lowest BCUT2D eigenvalue weighted by molar-refractivity contribution is -0.123. The number of nitrogens with zero attached hydrogens (tertiary/aromatic N) is 3. The zero-order chi connectivity index (χ0) is 17.4. The van der Waals surface area contributed by atoms with Crippen molar-refractivity contribution in [2.24, 2.45) is 11.7 Å². The van der Waals surface area contributed by atoms with Gasteiger partial charge in [0.25, 0.3) is 0 Å². The summed E-state index contributed by atoms with van der Waals surface area (Å²) in [7, 11) is 0. The molecule has 134 valence electrons. The van der Waals surface area contributed by atoms with E-state index in [0.29, 0.717) is 12.4 Å². The van der Waals surface area contributed by atoms with Crippen LogP contribution in [0.25, 0.3) is 0 Å². The fourth-order valence-electron chi connectivity index (χ4n) is 2.94. The topological polar surface area (TPSA) is 105 Å². The van der Waals surface area contributed by atoms with Gasteiger partial charge in [-0.2, -0.15) is 5.10 Å². The van der Waals surface area contributed by atoms with Gasteiger partial charge in [-0.25, -0.2) is 9.48 Å². The quantitative estimate of drug-likeness (QED) is 0.616. The molecule has 1 aliphatic rings. The predicted octanol–water partition coefficient (Wildman–Crippen LogP) is 1.00. The molecule has 0 aliphatic carbocycles. The minimum absolute atomic E-state index is 0.0260. The minimum Gasteiger partial charge on any atom is -0.369 e. The van der Waals surface area contributed by atoms with Crippen molar-refractivity contribution in [3.8, 4) is 0 Å². The average molecular weight is 336 g/mol. The number of primary amides is 1. The van der Waals surface area contributed by atoms with Crippen LogP contribution in [0, 0.1) is 5.92 Å². The van der Waals surface area contributed by atoms with Crippen molar-refractivity contribution in [2.45, 2.75) is 39.2 Å². The molecule has 0 bridgehead atoms. The second-order valence-corrected chi connectivity index (χ2v) is 6.19. The fraction of sp³-hybridized carbons (Fsp3) is 0.688. The third kappa shape index (κ3) is 5.52. The van der Waals surface area contributed by atoms with Crippen LogP contribution in [0.1, 0.15) is 32.6 Å². The van der Waals surface area contributed by atoms with Crippen LogP contribution >= 0.6 is 0 Å². The first-order chi connectivity index (χ1) is 11.6. The Morgan fingerprint density at radius 2 is 2.08 bits per heavy atom. The molecule has 0 unspecified atom stereocenters. The third-order valence-electron chi connectivity index (χ3n) is 4.32. The summed E-state index contributed by atoms with van der Waals surface area (Å²) in [5.41, 5.74) is 5.33. The highest BCUT2D eigenvalue weighted by Gasteiger charge is 2.22. The van der Waals surface area contributed by atoms with E-state index in [1.807, 2.05) is 0 Å². The lowest BCUT2D eigenvalue weighted by atomic mass is 9.96. The zero-order valence-corrected chi connectivity index (χ0v) is 14.3. The third-order valence-corrected chi connectivity index (χ3v) is 4.32. The molecule has 2 rings (SSSR count). The number of aryl methyl sites for hydroxylation is 1. The number of carbonyl (C=O) groups is 2. The van der Waals surface area contributed by atoms with Gasteiger partial charge >= 0.3 is 6.03 Å². The molecule has 0 radical (unpaired) electrons. The van der Waals surface area contributed by atoms with Crippen LogP contribution in [0.5, 0.6) is 0 Å². The van der Waals surface area contributed by atoms with Crippen LogP contribution in [0.15, 0.2) is 12.3 Å². The largest absolute Gasteiger partial charge is 0.369 e. The van der Waals surface area contributed by atoms with Gasteiger partial charge in [0.2, 0.25) is 5.91 Å². The predicted molar refractivity (Wildman–Crippen MR) is 92.5 cm³/mol. The van der Waals surface area contributed by atoms with E-state index in [4.69, 9.17) is 5.73 Å². The molecule has 1 fully saturated rings. The molecule has 3 amide bonds. The summed E-state index contributed by atoms with van der Waals surface area (Å²) in [4.78, 5) is 25.4. The van der Waals surface area contributed by atoms with E-state index in [-0.39, 0.29) is 17.9 Å². The monoisotopic (exact) mass is 336 g/mol. The second-order valence-electron chi connectivity index (χ2n) is 6.19. The van der Waals surface area contributed by atoms with Gasteiger partial charge in [-0.05, 0) is 45.3 Å². The Balaban J connectivity index is 1.60. The summed E-state index contributed by atoms with van der Waals surface area (Å²) < 4.78 is 1.78. The lowest BCUT2D eigenvalue weighted by Crippen LogP contribution is -2.40. The Kier molecular flexibility index (Phi) is 7.05. The van der Waals surface area contributed by atoms with Gasteiger partial charge in [0.05, 0.1) is 6.20 Å². The molecule has 8 nitrogen and oxygen atoms in total. The van der Waals surface area contributed by atoms with Gasteiger partial charge in [0.15, 0.2) is 0 Å². The molecule has 1 saturated heterocycles. The maximum absolute atomic E-state index is 11.9. The van der Waals surface area contributed by atoms with Crippen LogP contribution < -0.4 is 16.4 Å². The summed E-state index contributed by atoms with van der Waals surface area (Å²) >= 11 is 0. The Bertz CT molecular complexity index is 536. The molecule has 0 atom stereocenters. The zero-order valence-electron chi connectivity index (χ0n) is 14.3. The highest BCUT2D eigenvalue weighted by Crippen LogP contribution is 2.16. The molecule has 2 heterocycles. The number of nitrogens with two attached hydrogens (primary N) is 1. The first kappa shape index (κ1) is 18.3. The minimum atomic E-state index is -0.208. The molecule has 1 aliphatic heterocycles. The number of rotatable bonds is 8. The normalized spacial score (nSPS) is 16.0. The van der Waals surface area contributed by atoms with E-state index >= 15 is 0 Å². The number of likely N-dealkylation sites (tertiary alicyclic amines) is 1. The maximum Gasteiger partial charge on any atom is 0.320 e. The number of amides is 3. The van der Waals surface area contributed by atoms with Crippen molar-refractivity contribution < 1.29 is 9.59 Å². The summed E-state index contributed by atoms with van der Waals surface area (Å²) in [6.45, 7) is 6.18. The van der Waals surface area contributed by atoms with Gasteiger partial charge in [0.1, 0.15) is 5.82 Å². The van der Waals surface area contributed by atoms with E-state index in [0.717, 1.165) is 51.9 Å². The Hall–Kier alpha value is -2.09. The van der Waals surface area contributed by atoms with Gasteiger partial charge in [-0.15, -0.1) is 0 Å². The molecule has 0 saturated carbocycles. The molecule has 0 spiro atoms. The van der Waals surface area contributed by atoms with Crippen LogP contribution in [-0.2, 0) is 11.3 Å². The van der Waals surface area contributed by atoms with Crippen molar-refractivity contribution in [3.05, 3.63) is 12.3 Å². The number of urea groups is 1. The van der Waals surface area contributed by atoms with Crippen molar-refractivity contribution in [3.63, 3.8) is 0 Å². The molecule has 24 heavy (non-hydrogen) atoms. The Morgan fingerprint density at radius 1 is 1.33 bits per heavy atom. The number of piperidine rings is 1. The van der Waals surface area contributed by atoms with E-state index in [9.17, 15) is 9.59 Å². The molecule has 0 aromatic carbocycles. The average Bonchev–Trinajstić information content (AvgIpc) is 2.99. The maximum atomic E-state index is 11.9. The van der Waals surface area contributed by atoms with Crippen LogP contribution in [0.4, 0.5) is 10.6 Å². The standard InChI is InChI=1S/C16H28N6O2/c1-2-9-22-14(4-8-19-22)20-16(24)18-7-3-10-21-11-5-13(6-12-21)15(17)23/h4,8,13H,2-3,5-7,9-12H2,1H3,(H2,17,23)(H2,18,20,24). The van der Waals surface area contributed by atoms with Crippen molar-refractivity contribution in [1.82, 2.24) is 20.0 Å². The fourth-order valence-corrected chi connectivity index (χ4v) is 2.94. The van der Waals surface area contributed by atoms with Gasteiger partial charge < -0.3 is 16.0 Å². The molecular weight excluding hydrogens is 308 g/mol. The summed E-state index contributed by atoms with van der Waals surface area (Å²) in [6, 6.07) is 1.58. The number of hydrogen-bond acceptors (Lipinski definition) is 4. The molecule has 1 aromatic rings. The summed E-state index contributed by atoms with van der Waals surface area (Å²) in [5.74, 6) is 0.552. The summed E-state index contributed by atoms with van der Waals surface area (Å²) in [5, 5.41) is 9.85. The SMILES string of the molecule is CCCn1nccc1NC(=O)NCCCN1CCC(C(N)=O)CC1.